The number of anilines is 1. The van der Waals surface area contributed by atoms with Crippen LogP contribution in [-0.2, 0) is 6.54 Å². The van der Waals surface area contributed by atoms with E-state index in [4.69, 9.17) is 0 Å². The molecule has 0 bridgehead atoms. The number of nitrogens with one attached hydrogen (secondary N) is 2. The highest BCUT2D eigenvalue weighted by Gasteiger charge is 2.19. The number of piperazine rings is 1. The fourth-order valence-electron chi connectivity index (χ4n) is 3.05. The van der Waals surface area contributed by atoms with Crippen molar-refractivity contribution in [1.82, 2.24) is 10.2 Å². The summed E-state index contributed by atoms with van der Waals surface area (Å²) in [5.41, 5.74) is 3.76. The highest BCUT2D eigenvalue weighted by atomic mass is 35.5. The third-order valence-electron chi connectivity index (χ3n) is 4.36. The maximum atomic E-state index is 4.03. The number of halogens is 2. The van der Waals surface area contributed by atoms with Crippen LogP contribution < -0.4 is 10.6 Å². The van der Waals surface area contributed by atoms with Crippen LogP contribution in [0.2, 0.25) is 0 Å². The van der Waals surface area contributed by atoms with E-state index >= 15 is 0 Å². The number of hydrogen-bond donors (Lipinski definition) is 2. The molecule has 2 N–H and O–H groups in total. The van der Waals surface area contributed by atoms with Gasteiger partial charge in [-0.2, -0.15) is 0 Å². The van der Waals surface area contributed by atoms with Gasteiger partial charge in [0.15, 0.2) is 0 Å². The maximum Gasteiger partial charge on any atom is 0.0530 e. The van der Waals surface area contributed by atoms with Gasteiger partial charge in [0.05, 0.1) is 6.04 Å². The Bertz CT molecular complexity index is 611. The Hall–Kier alpha value is -1.52. The average molecular weight is 380 g/mol. The van der Waals surface area contributed by atoms with Gasteiger partial charge < -0.3 is 10.6 Å². The van der Waals surface area contributed by atoms with Gasteiger partial charge in [0, 0.05) is 38.4 Å². The second-order valence-corrected chi connectivity index (χ2v) is 5.93. The molecule has 0 unspecified atom stereocenters. The molecule has 1 fully saturated rings. The summed E-state index contributed by atoms with van der Waals surface area (Å²) in [6.45, 7) is 9.14. The Balaban J connectivity index is 0.00000156. The first-order chi connectivity index (χ1) is 11.4. The highest BCUT2D eigenvalue weighted by molar-refractivity contribution is 5.85. The molecule has 0 aliphatic carbocycles. The summed E-state index contributed by atoms with van der Waals surface area (Å²) in [6, 6.07) is 19.5. The normalized spacial score (nSPS) is 15.4. The van der Waals surface area contributed by atoms with E-state index < -0.39 is 0 Å². The monoisotopic (exact) mass is 379 g/mol. The molecular formula is C20H27Cl2N3. The number of benzene rings is 2. The number of nitrogens with zero attached hydrogens (tertiary/aromatic N) is 1. The molecule has 1 saturated heterocycles. The van der Waals surface area contributed by atoms with Gasteiger partial charge in [-0.25, -0.2) is 0 Å². The van der Waals surface area contributed by atoms with Crippen LogP contribution in [0.3, 0.4) is 0 Å². The molecule has 5 heteroatoms. The van der Waals surface area contributed by atoms with Crippen molar-refractivity contribution >= 4 is 30.5 Å². The van der Waals surface area contributed by atoms with E-state index in [0.717, 1.165) is 38.4 Å². The fraction of sp³-hybridized carbons (Fsp3) is 0.300. The minimum atomic E-state index is 0. The summed E-state index contributed by atoms with van der Waals surface area (Å²) >= 11 is 0. The molecule has 3 nitrogen and oxygen atoms in total. The molecule has 1 aliphatic rings. The van der Waals surface area contributed by atoms with E-state index in [1.54, 1.807) is 0 Å². The first kappa shape index (κ1) is 21.5. The van der Waals surface area contributed by atoms with E-state index in [-0.39, 0.29) is 24.8 Å². The van der Waals surface area contributed by atoms with E-state index in [1.807, 2.05) is 6.07 Å². The molecule has 25 heavy (non-hydrogen) atoms. The summed E-state index contributed by atoms with van der Waals surface area (Å²) in [5, 5.41) is 6.88. The predicted octanol–water partition coefficient (Wildman–Crippen LogP) is 4.27. The minimum absolute atomic E-state index is 0. The van der Waals surface area contributed by atoms with Crippen LogP contribution >= 0.6 is 24.8 Å². The van der Waals surface area contributed by atoms with Crippen LogP contribution in [0.15, 0.2) is 67.3 Å². The fourth-order valence-corrected chi connectivity index (χ4v) is 3.05. The molecule has 2 aromatic carbocycles. The number of hydrogen-bond acceptors (Lipinski definition) is 3. The molecule has 0 spiro atoms. The summed E-state index contributed by atoms with van der Waals surface area (Å²) in [7, 11) is 0. The largest absolute Gasteiger partial charge is 0.381 e. The molecule has 1 atom stereocenters. The zero-order valence-electron chi connectivity index (χ0n) is 14.4. The molecule has 0 radical (unpaired) electrons. The summed E-state index contributed by atoms with van der Waals surface area (Å²) in [4.78, 5) is 2.48. The van der Waals surface area contributed by atoms with Gasteiger partial charge in [0.25, 0.3) is 0 Å². The summed E-state index contributed by atoms with van der Waals surface area (Å²) in [5.74, 6) is 0. The van der Waals surface area contributed by atoms with E-state index in [0.29, 0.717) is 6.04 Å². The molecule has 0 saturated carbocycles. The molecule has 0 amide bonds. The summed E-state index contributed by atoms with van der Waals surface area (Å²) in [6.07, 6.45) is 2.05. The van der Waals surface area contributed by atoms with E-state index in [2.05, 4.69) is 76.7 Å². The highest BCUT2D eigenvalue weighted by Crippen LogP contribution is 2.24. The van der Waals surface area contributed by atoms with Crippen molar-refractivity contribution in [2.75, 3.05) is 31.5 Å². The standard InChI is InChI=1S/C20H25N3.2ClH/c1-2-20(23-14-12-21-13-15-23)18-8-10-19(11-9-18)22-16-17-6-4-3-5-7-17;;/h2-11,20-22H,1,12-16H2;2*1H/t20-;;/m0../s1. The van der Waals surface area contributed by atoms with Crippen molar-refractivity contribution < 1.29 is 0 Å². The van der Waals surface area contributed by atoms with Crippen LogP contribution in [-0.4, -0.2) is 31.1 Å². The van der Waals surface area contributed by atoms with Crippen LogP contribution in [0.1, 0.15) is 17.2 Å². The quantitative estimate of drug-likeness (QED) is 0.733. The third-order valence-corrected chi connectivity index (χ3v) is 4.36. The maximum absolute atomic E-state index is 4.03. The minimum Gasteiger partial charge on any atom is -0.381 e. The van der Waals surface area contributed by atoms with Gasteiger partial charge in [0.2, 0.25) is 0 Å². The average Bonchev–Trinajstić information content (AvgIpc) is 2.63. The van der Waals surface area contributed by atoms with Gasteiger partial charge in [0.1, 0.15) is 0 Å². The van der Waals surface area contributed by atoms with Crippen LogP contribution in [0.4, 0.5) is 5.69 Å². The van der Waals surface area contributed by atoms with Gasteiger partial charge in [-0.1, -0.05) is 48.5 Å². The topological polar surface area (TPSA) is 27.3 Å². The van der Waals surface area contributed by atoms with Crippen molar-refractivity contribution in [2.45, 2.75) is 12.6 Å². The SMILES string of the molecule is C=C[C@@H](c1ccc(NCc2ccccc2)cc1)N1CCNCC1.Cl.Cl. The van der Waals surface area contributed by atoms with Crippen molar-refractivity contribution in [3.05, 3.63) is 78.4 Å². The van der Waals surface area contributed by atoms with E-state index in [9.17, 15) is 0 Å². The first-order valence-electron chi connectivity index (χ1n) is 8.32. The van der Waals surface area contributed by atoms with Gasteiger partial charge in [-0.3, -0.25) is 4.90 Å². The lowest BCUT2D eigenvalue weighted by atomic mass is 10.0. The Morgan fingerprint density at radius 2 is 1.64 bits per heavy atom. The Morgan fingerprint density at radius 3 is 2.24 bits per heavy atom. The molecule has 2 aromatic rings. The molecule has 3 rings (SSSR count). The molecule has 1 heterocycles. The van der Waals surface area contributed by atoms with Crippen molar-refractivity contribution in [3.63, 3.8) is 0 Å². The lowest BCUT2D eigenvalue weighted by molar-refractivity contribution is 0.203. The van der Waals surface area contributed by atoms with Gasteiger partial charge >= 0.3 is 0 Å². The van der Waals surface area contributed by atoms with E-state index in [1.165, 1.54) is 11.1 Å². The zero-order valence-corrected chi connectivity index (χ0v) is 16.0. The van der Waals surface area contributed by atoms with Crippen LogP contribution in [0.5, 0.6) is 0 Å². The smallest absolute Gasteiger partial charge is 0.0530 e. The molecule has 0 aromatic heterocycles. The third kappa shape index (κ3) is 6.05. The van der Waals surface area contributed by atoms with Crippen LogP contribution in [0, 0.1) is 0 Å². The molecular weight excluding hydrogens is 353 g/mol. The number of rotatable bonds is 6. The van der Waals surface area contributed by atoms with Crippen molar-refractivity contribution in [1.29, 1.82) is 0 Å². The Morgan fingerprint density at radius 1 is 1.00 bits per heavy atom. The molecule has 1 aliphatic heterocycles. The predicted molar refractivity (Wildman–Crippen MR) is 112 cm³/mol. The Kier molecular flexibility index (Phi) is 9.61. The second-order valence-electron chi connectivity index (χ2n) is 5.93. The van der Waals surface area contributed by atoms with Gasteiger partial charge in [-0.15, -0.1) is 31.4 Å². The second kappa shape index (κ2) is 11.2. The first-order valence-corrected chi connectivity index (χ1v) is 8.32. The Labute approximate surface area is 163 Å². The lowest BCUT2D eigenvalue weighted by Crippen LogP contribution is -2.44. The van der Waals surface area contributed by atoms with Gasteiger partial charge in [-0.05, 0) is 23.3 Å². The van der Waals surface area contributed by atoms with Crippen molar-refractivity contribution in [3.8, 4) is 0 Å². The summed E-state index contributed by atoms with van der Waals surface area (Å²) < 4.78 is 0. The zero-order chi connectivity index (χ0) is 15.9. The lowest BCUT2D eigenvalue weighted by Gasteiger charge is -2.33. The molecule has 136 valence electrons. The van der Waals surface area contributed by atoms with Crippen molar-refractivity contribution in [2.24, 2.45) is 0 Å². The van der Waals surface area contributed by atoms with Crippen LogP contribution in [0.25, 0.3) is 0 Å².